The van der Waals surface area contributed by atoms with Crippen molar-refractivity contribution in [2.24, 2.45) is 0 Å². The second-order valence-electron chi connectivity index (χ2n) is 7.48. The second kappa shape index (κ2) is 11.2. The number of benzene rings is 3. The van der Waals surface area contributed by atoms with Gasteiger partial charge in [0.1, 0.15) is 5.69 Å². The lowest BCUT2D eigenvalue weighted by molar-refractivity contribution is -0.384. The summed E-state index contributed by atoms with van der Waals surface area (Å²) in [6.07, 6.45) is -1.82. The Balaban J connectivity index is 1.68. The molecule has 0 unspecified atom stereocenters. The molecule has 3 aromatic carbocycles. The number of nitro groups is 1. The van der Waals surface area contributed by atoms with E-state index in [-0.39, 0.29) is 24.2 Å². The Kier molecular flexibility index (Phi) is 8.10. The van der Waals surface area contributed by atoms with Crippen molar-refractivity contribution >= 4 is 40.6 Å². The number of amides is 1. The highest BCUT2D eigenvalue weighted by Gasteiger charge is 2.26. The number of carbonyl (C=O) groups excluding carboxylic acids is 3. The molecule has 0 radical (unpaired) electrons. The van der Waals surface area contributed by atoms with Crippen LogP contribution in [0.3, 0.4) is 0 Å². The van der Waals surface area contributed by atoms with Gasteiger partial charge in [-0.2, -0.15) is 0 Å². The predicted molar refractivity (Wildman–Crippen MR) is 127 cm³/mol. The largest absolute Gasteiger partial charge is 0.449 e. The van der Waals surface area contributed by atoms with Crippen molar-refractivity contribution in [1.82, 2.24) is 0 Å². The van der Waals surface area contributed by atoms with Gasteiger partial charge in [-0.05, 0) is 30.7 Å². The monoisotopic (exact) mass is 480 g/mol. The number of esters is 1. The molecular formula is C25H21ClN2O6. The van der Waals surface area contributed by atoms with E-state index in [1.807, 2.05) is 0 Å². The van der Waals surface area contributed by atoms with E-state index in [2.05, 4.69) is 5.32 Å². The highest BCUT2D eigenvalue weighted by molar-refractivity contribution is 6.30. The van der Waals surface area contributed by atoms with Crippen molar-refractivity contribution in [3.63, 3.8) is 0 Å². The number of hydrogen-bond donors (Lipinski definition) is 1. The predicted octanol–water partition coefficient (Wildman–Crippen LogP) is 5.44. The first-order valence-electron chi connectivity index (χ1n) is 10.3. The summed E-state index contributed by atoms with van der Waals surface area (Å²) in [5.41, 5.74) is 1.26. The van der Waals surface area contributed by atoms with Crippen LogP contribution in [0.25, 0.3) is 0 Å². The summed E-state index contributed by atoms with van der Waals surface area (Å²) < 4.78 is 5.45. The Morgan fingerprint density at radius 3 is 2.32 bits per heavy atom. The normalized spacial score (nSPS) is 11.4. The van der Waals surface area contributed by atoms with E-state index in [9.17, 15) is 24.5 Å². The third-order valence-electron chi connectivity index (χ3n) is 4.90. The fourth-order valence-corrected chi connectivity index (χ4v) is 3.31. The average Bonchev–Trinajstić information content (AvgIpc) is 2.83. The summed E-state index contributed by atoms with van der Waals surface area (Å²) in [5, 5.41) is 14.1. The van der Waals surface area contributed by atoms with Crippen LogP contribution in [-0.2, 0) is 14.3 Å². The molecule has 0 saturated carbocycles. The number of hydrogen-bond acceptors (Lipinski definition) is 6. The van der Waals surface area contributed by atoms with Crippen molar-refractivity contribution < 1.29 is 24.0 Å². The second-order valence-corrected chi connectivity index (χ2v) is 7.91. The third kappa shape index (κ3) is 6.49. The molecule has 3 rings (SSSR count). The van der Waals surface area contributed by atoms with Crippen LogP contribution >= 0.6 is 11.6 Å². The standard InChI is InChI=1S/C25H21ClN2O6/c1-16-7-12-20(21(15-16)28(32)33)27-22(29)13-14-23(30)34-25(18-8-10-19(26)11-9-18)24(31)17-5-3-2-4-6-17/h2-12,15,25H,13-14H2,1H3,(H,27,29)/t25-/m0/s1. The number of ether oxygens (including phenoxy) is 1. The highest BCUT2D eigenvalue weighted by Crippen LogP contribution is 2.27. The molecule has 174 valence electrons. The number of Topliss-reactive ketones (excluding diaryl/α,β-unsaturated/α-hetero) is 1. The maximum Gasteiger partial charge on any atom is 0.307 e. The lowest BCUT2D eigenvalue weighted by atomic mass is 10.00. The molecule has 0 saturated heterocycles. The van der Waals surface area contributed by atoms with Crippen LogP contribution in [0.2, 0.25) is 5.02 Å². The molecule has 0 aliphatic rings. The molecule has 9 heteroatoms. The summed E-state index contributed by atoms with van der Waals surface area (Å²) >= 11 is 5.93. The Morgan fingerprint density at radius 1 is 1.00 bits per heavy atom. The minimum absolute atomic E-state index is 0.0345. The Morgan fingerprint density at radius 2 is 1.68 bits per heavy atom. The molecule has 1 atom stereocenters. The number of nitrogens with zero attached hydrogens (tertiary/aromatic N) is 1. The fourth-order valence-electron chi connectivity index (χ4n) is 3.18. The van der Waals surface area contributed by atoms with Gasteiger partial charge < -0.3 is 10.1 Å². The molecule has 0 aliphatic carbocycles. The zero-order valence-corrected chi connectivity index (χ0v) is 19.0. The molecule has 0 spiro atoms. The molecule has 3 aromatic rings. The van der Waals surface area contributed by atoms with Crippen molar-refractivity contribution in [3.8, 4) is 0 Å². The van der Waals surface area contributed by atoms with Gasteiger partial charge in [0, 0.05) is 28.6 Å². The summed E-state index contributed by atoms with van der Waals surface area (Å²) in [6.45, 7) is 1.70. The number of nitrogens with one attached hydrogen (secondary N) is 1. The molecule has 0 heterocycles. The molecule has 0 aliphatic heterocycles. The minimum atomic E-state index is -1.21. The fraction of sp³-hybridized carbons (Fsp3) is 0.160. The van der Waals surface area contributed by atoms with E-state index >= 15 is 0 Å². The summed E-state index contributed by atoms with van der Waals surface area (Å²) in [7, 11) is 0. The zero-order valence-electron chi connectivity index (χ0n) is 18.2. The first-order chi connectivity index (χ1) is 16.2. The van der Waals surface area contributed by atoms with E-state index in [1.54, 1.807) is 67.6 Å². The number of ketones is 1. The van der Waals surface area contributed by atoms with Crippen LogP contribution in [0, 0.1) is 17.0 Å². The number of aryl methyl sites for hydroxylation is 1. The van der Waals surface area contributed by atoms with Crippen LogP contribution in [0.1, 0.15) is 40.4 Å². The molecular weight excluding hydrogens is 460 g/mol. The quantitative estimate of drug-likeness (QED) is 0.188. The molecule has 0 fully saturated rings. The lowest BCUT2D eigenvalue weighted by Gasteiger charge is -2.17. The van der Waals surface area contributed by atoms with Gasteiger partial charge in [0.25, 0.3) is 5.69 Å². The topological polar surface area (TPSA) is 116 Å². The van der Waals surface area contributed by atoms with Crippen molar-refractivity contribution in [1.29, 1.82) is 0 Å². The summed E-state index contributed by atoms with van der Waals surface area (Å²) in [5.74, 6) is -1.78. The van der Waals surface area contributed by atoms with Gasteiger partial charge in [0.15, 0.2) is 6.10 Å². The first-order valence-corrected chi connectivity index (χ1v) is 10.7. The van der Waals surface area contributed by atoms with E-state index in [0.29, 0.717) is 21.7 Å². The number of carbonyl (C=O) groups is 3. The zero-order chi connectivity index (χ0) is 24.7. The maximum absolute atomic E-state index is 13.0. The van der Waals surface area contributed by atoms with E-state index in [0.717, 1.165) is 0 Å². The molecule has 34 heavy (non-hydrogen) atoms. The van der Waals surface area contributed by atoms with Crippen LogP contribution in [0.15, 0.2) is 72.8 Å². The van der Waals surface area contributed by atoms with Crippen molar-refractivity contribution in [2.75, 3.05) is 5.32 Å². The van der Waals surface area contributed by atoms with E-state index in [4.69, 9.17) is 16.3 Å². The van der Waals surface area contributed by atoms with E-state index < -0.39 is 28.7 Å². The highest BCUT2D eigenvalue weighted by atomic mass is 35.5. The molecule has 0 bridgehead atoms. The summed E-state index contributed by atoms with van der Waals surface area (Å²) in [4.78, 5) is 48.5. The average molecular weight is 481 g/mol. The van der Waals surface area contributed by atoms with Gasteiger partial charge in [0.2, 0.25) is 11.7 Å². The number of nitro benzene ring substituents is 1. The van der Waals surface area contributed by atoms with Crippen LogP contribution in [0.5, 0.6) is 0 Å². The van der Waals surface area contributed by atoms with Gasteiger partial charge in [0.05, 0.1) is 11.3 Å². The smallest absolute Gasteiger partial charge is 0.307 e. The van der Waals surface area contributed by atoms with Gasteiger partial charge in [-0.3, -0.25) is 24.5 Å². The van der Waals surface area contributed by atoms with Gasteiger partial charge >= 0.3 is 5.97 Å². The Hall–Kier alpha value is -4.04. The number of halogens is 1. The van der Waals surface area contributed by atoms with Crippen LogP contribution in [0.4, 0.5) is 11.4 Å². The summed E-state index contributed by atoms with van der Waals surface area (Å²) in [6, 6.07) is 19.1. The number of anilines is 1. The lowest BCUT2D eigenvalue weighted by Crippen LogP contribution is -2.21. The minimum Gasteiger partial charge on any atom is -0.449 e. The van der Waals surface area contributed by atoms with Gasteiger partial charge in [-0.25, -0.2) is 0 Å². The van der Waals surface area contributed by atoms with Crippen LogP contribution in [-0.4, -0.2) is 22.6 Å². The molecule has 0 aromatic heterocycles. The van der Waals surface area contributed by atoms with Crippen molar-refractivity contribution in [3.05, 3.63) is 105 Å². The number of rotatable bonds is 9. The Bertz CT molecular complexity index is 1210. The third-order valence-corrected chi connectivity index (χ3v) is 5.15. The van der Waals surface area contributed by atoms with Gasteiger partial charge in [-0.1, -0.05) is 60.1 Å². The molecule has 1 N–H and O–H groups in total. The first kappa shape index (κ1) is 24.6. The SMILES string of the molecule is Cc1ccc(NC(=O)CCC(=O)O[C@H](C(=O)c2ccccc2)c2ccc(Cl)cc2)c([N+](=O)[O-])c1. The molecule has 1 amide bonds. The van der Waals surface area contributed by atoms with Crippen LogP contribution < -0.4 is 5.32 Å². The van der Waals surface area contributed by atoms with E-state index in [1.165, 1.54) is 12.1 Å². The van der Waals surface area contributed by atoms with Gasteiger partial charge in [-0.15, -0.1) is 0 Å². The maximum atomic E-state index is 13.0. The Labute approximate surface area is 200 Å². The molecule has 8 nitrogen and oxygen atoms in total. The van der Waals surface area contributed by atoms with Crippen molar-refractivity contribution in [2.45, 2.75) is 25.9 Å².